The largest absolute Gasteiger partial charge is 0.397 e. The summed E-state index contributed by atoms with van der Waals surface area (Å²) in [4.78, 5) is 7.71. The van der Waals surface area contributed by atoms with Crippen LogP contribution in [0.2, 0.25) is 0 Å². The van der Waals surface area contributed by atoms with Crippen molar-refractivity contribution in [2.75, 3.05) is 10.5 Å². The Morgan fingerprint density at radius 1 is 1.45 bits per heavy atom. The predicted molar refractivity (Wildman–Crippen MR) is 73.5 cm³/mol. The minimum atomic E-state index is -4.11. The molecule has 1 fully saturated rings. The molecule has 0 radical (unpaired) electrons. The zero-order valence-electron chi connectivity index (χ0n) is 10.2. The molecule has 0 amide bonds. The van der Waals surface area contributed by atoms with Crippen LogP contribution in [0.4, 0.5) is 15.9 Å². The summed E-state index contributed by atoms with van der Waals surface area (Å²) in [5.74, 6) is -0.695. The summed E-state index contributed by atoms with van der Waals surface area (Å²) in [6, 6.07) is 1.01. The van der Waals surface area contributed by atoms with Gasteiger partial charge in [-0.05, 0) is 12.8 Å². The van der Waals surface area contributed by atoms with Crippen LogP contribution in [0.1, 0.15) is 24.5 Å². The lowest BCUT2D eigenvalue weighted by Gasteiger charge is -2.09. The fourth-order valence-electron chi connectivity index (χ4n) is 1.82. The standard InChI is InChI=1S/C11H11FN4O2S2/c12-7-3-8(13)10(6-1-2-6)15-11(7)20(17,18)16-9-4-19-5-14-9/h3-6,16H,1-2,13H2. The van der Waals surface area contributed by atoms with Gasteiger partial charge in [-0.1, -0.05) is 0 Å². The van der Waals surface area contributed by atoms with E-state index in [9.17, 15) is 12.8 Å². The Bertz CT molecular complexity index is 742. The number of rotatable bonds is 4. The summed E-state index contributed by atoms with van der Waals surface area (Å²) in [6.45, 7) is 0. The second-order valence-electron chi connectivity index (χ2n) is 4.50. The summed E-state index contributed by atoms with van der Waals surface area (Å²) in [6.07, 6.45) is 1.78. The number of thiazole rings is 1. The number of nitrogens with zero attached hydrogens (tertiary/aromatic N) is 2. The van der Waals surface area contributed by atoms with Gasteiger partial charge in [0.05, 0.1) is 16.9 Å². The van der Waals surface area contributed by atoms with E-state index in [4.69, 9.17) is 5.73 Å². The van der Waals surface area contributed by atoms with Gasteiger partial charge in [0.2, 0.25) is 5.03 Å². The minimum Gasteiger partial charge on any atom is -0.397 e. The molecule has 0 unspecified atom stereocenters. The highest BCUT2D eigenvalue weighted by Crippen LogP contribution is 2.42. The van der Waals surface area contributed by atoms with Crippen molar-refractivity contribution in [3.05, 3.63) is 28.5 Å². The number of hydrogen-bond acceptors (Lipinski definition) is 6. The fraction of sp³-hybridized carbons (Fsp3) is 0.273. The Morgan fingerprint density at radius 2 is 2.20 bits per heavy atom. The Hall–Kier alpha value is -1.74. The van der Waals surface area contributed by atoms with Gasteiger partial charge in [-0.25, -0.2) is 14.4 Å². The molecule has 6 nitrogen and oxygen atoms in total. The molecule has 1 aliphatic rings. The first kappa shape index (κ1) is 13.3. The number of anilines is 2. The summed E-state index contributed by atoms with van der Waals surface area (Å²) >= 11 is 1.23. The van der Waals surface area contributed by atoms with Crippen LogP contribution in [0.3, 0.4) is 0 Å². The highest BCUT2D eigenvalue weighted by molar-refractivity contribution is 7.92. The third-order valence-electron chi connectivity index (χ3n) is 2.89. The highest BCUT2D eigenvalue weighted by Gasteiger charge is 2.31. The van der Waals surface area contributed by atoms with Crippen LogP contribution < -0.4 is 10.5 Å². The van der Waals surface area contributed by atoms with Gasteiger partial charge in [-0.15, -0.1) is 11.3 Å². The summed E-state index contributed by atoms with van der Waals surface area (Å²) in [7, 11) is -4.11. The first-order valence-electron chi connectivity index (χ1n) is 5.84. The number of hydrogen-bond donors (Lipinski definition) is 2. The van der Waals surface area contributed by atoms with Gasteiger partial charge in [-0.2, -0.15) is 8.42 Å². The van der Waals surface area contributed by atoms with Gasteiger partial charge >= 0.3 is 0 Å². The first-order valence-corrected chi connectivity index (χ1v) is 8.27. The molecule has 0 aromatic carbocycles. The van der Waals surface area contributed by atoms with Crippen molar-refractivity contribution in [1.29, 1.82) is 0 Å². The summed E-state index contributed by atoms with van der Waals surface area (Å²) < 4.78 is 40.3. The lowest BCUT2D eigenvalue weighted by atomic mass is 10.2. The Labute approximate surface area is 118 Å². The van der Waals surface area contributed by atoms with Crippen molar-refractivity contribution in [1.82, 2.24) is 9.97 Å². The van der Waals surface area contributed by atoms with Crippen molar-refractivity contribution in [3.8, 4) is 0 Å². The maximum absolute atomic E-state index is 13.9. The third-order valence-corrected chi connectivity index (χ3v) is 4.75. The molecule has 0 aliphatic heterocycles. The van der Waals surface area contributed by atoms with E-state index in [1.165, 1.54) is 22.2 Å². The van der Waals surface area contributed by atoms with Crippen LogP contribution in [-0.2, 0) is 10.0 Å². The predicted octanol–water partition coefficient (Wildman–Crippen LogP) is 1.94. The molecule has 2 aromatic rings. The maximum Gasteiger partial charge on any atom is 0.283 e. The zero-order valence-corrected chi connectivity index (χ0v) is 11.8. The summed E-state index contributed by atoms with van der Waals surface area (Å²) in [5, 5.41) is 0.871. The van der Waals surface area contributed by atoms with Crippen molar-refractivity contribution in [2.24, 2.45) is 0 Å². The average Bonchev–Trinajstić information content (AvgIpc) is 3.07. The number of pyridine rings is 1. The second-order valence-corrected chi connectivity index (χ2v) is 6.82. The molecule has 1 saturated carbocycles. The molecule has 0 saturated heterocycles. The summed E-state index contributed by atoms with van der Waals surface area (Å²) in [5.41, 5.74) is 7.80. The van der Waals surface area contributed by atoms with E-state index in [1.54, 1.807) is 0 Å². The Kier molecular flexibility index (Phi) is 3.09. The monoisotopic (exact) mass is 314 g/mol. The minimum absolute atomic E-state index is 0.129. The lowest BCUT2D eigenvalue weighted by molar-refractivity contribution is 0.554. The van der Waals surface area contributed by atoms with Gasteiger partial charge in [0.25, 0.3) is 10.0 Å². The maximum atomic E-state index is 13.9. The molecular formula is C11H11FN4O2S2. The van der Waals surface area contributed by atoms with E-state index in [2.05, 4.69) is 14.7 Å². The fourth-order valence-corrected chi connectivity index (χ4v) is 3.40. The van der Waals surface area contributed by atoms with Gasteiger partial charge < -0.3 is 5.73 Å². The van der Waals surface area contributed by atoms with Crippen molar-refractivity contribution in [2.45, 2.75) is 23.8 Å². The molecule has 9 heteroatoms. The van der Waals surface area contributed by atoms with Gasteiger partial charge in [0.1, 0.15) is 0 Å². The molecule has 106 valence electrons. The quantitative estimate of drug-likeness (QED) is 0.898. The molecule has 1 aliphatic carbocycles. The van der Waals surface area contributed by atoms with Crippen molar-refractivity contribution >= 4 is 32.9 Å². The van der Waals surface area contributed by atoms with Gasteiger partial charge in [-0.3, -0.25) is 4.72 Å². The van der Waals surface area contributed by atoms with Crippen LogP contribution in [0.5, 0.6) is 0 Å². The van der Waals surface area contributed by atoms with E-state index < -0.39 is 20.9 Å². The molecule has 0 spiro atoms. The van der Waals surface area contributed by atoms with E-state index in [0.717, 1.165) is 18.9 Å². The molecule has 2 aromatic heterocycles. The topological polar surface area (TPSA) is 98.0 Å². The molecule has 2 heterocycles. The first-order chi connectivity index (χ1) is 9.47. The zero-order chi connectivity index (χ0) is 14.3. The van der Waals surface area contributed by atoms with E-state index in [0.29, 0.717) is 5.69 Å². The molecular weight excluding hydrogens is 303 g/mol. The van der Waals surface area contributed by atoms with Crippen LogP contribution >= 0.6 is 11.3 Å². The molecule has 3 rings (SSSR count). The number of nitrogens with two attached hydrogens (primary N) is 1. The number of halogens is 1. The van der Waals surface area contributed by atoms with Crippen LogP contribution in [0.15, 0.2) is 22.0 Å². The molecule has 20 heavy (non-hydrogen) atoms. The van der Waals surface area contributed by atoms with Crippen molar-refractivity contribution in [3.63, 3.8) is 0 Å². The number of aromatic nitrogens is 2. The van der Waals surface area contributed by atoms with E-state index >= 15 is 0 Å². The second kappa shape index (κ2) is 4.67. The number of nitrogens with one attached hydrogen (secondary N) is 1. The smallest absolute Gasteiger partial charge is 0.283 e. The Morgan fingerprint density at radius 3 is 2.80 bits per heavy atom. The van der Waals surface area contributed by atoms with Crippen LogP contribution in [0.25, 0.3) is 0 Å². The van der Waals surface area contributed by atoms with Crippen LogP contribution in [-0.4, -0.2) is 18.4 Å². The number of nitrogen functional groups attached to an aromatic ring is 1. The molecule has 0 atom stereocenters. The van der Waals surface area contributed by atoms with Gasteiger partial charge in [0, 0.05) is 17.4 Å². The molecule has 0 bridgehead atoms. The van der Waals surface area contributed by atoms with E-state index in [-0.39, 0.29) is 17.4 Å². The van der Waals surface area contributed by atoms with Gasteiger partial charge in [0.15, 0.2) is 11.6 Å². The molecule has 3 N–H and O–H groups in total. The highest BCUT2D eigenvalue weighted by atomic mass is 32.2. The Balaban J connectivity index is 2.02. The number of sulfonamides is 1. The average molecular weight is 314 g/mol. The SMILES string of the molecule is Nc1cc(F)c(S(=O)(=O)Nc2cscn2)nc1C1CC1. The van der Waals surface area contributed by atoms with E-state index in [1.807, 2.05) is 0 Å². The van der Waals surface area contributed by atoms with Crippen LogP contribution in [0, 0.1) is 5.82 Å². The lowest BCUT2D eigenvalue weighted by Crippen LogP contribution is -2.18. The van der Waals surface area contributed by atoms with Crippen molar-refractivity contribution < 1.29 is 12.8 Å². The third kappa shape index (κ3) is 2.46. The normalized spacial score (nSPS) is 15.2.